The predicted octanol–water partition coefficient (Wildman–Crippen LogP) is 1.36. The molecule has 1 aromatic rings. The van der Waals surface area contributed by atoms with Crippen molar-refractivity contribution in [2.45, 2.75) is 39.8 Å². The zero-order valence-corrected chi connectivity index (χ0v) is 11.6. The van der Waals surface area contributed by atoms with Crippen molar-refractivity contribution in [2.75, 3.05) is 0 Å². The van der Waals surface area contributed by atoms with E-state index in [0.717, 1.165) is 0 Å². The van der Waals surface area contributed by atoms with Crippen molar-refractivity contribution in [3.8, 4) is 0 Å². The number of carboxylic acids is 1. The molecule has 6 heteroatoms. The Balaban J connectivity index is 2.89. The molecular weight excluding hydrogens is 248 g/mol. The second kappa shape index (κ2) is 5.05. The van der Waals surface area contributed by atoms with E-state index >= 15 is 0 Å². The van der Waals surface area contributed by atoms with Crippen molar-refractivity contribution in [1.82, 2.24) is 5.32 Å². The number of carbonyl (C=O) groups is 2. The molecule has 1 amide bonds. The maximum absolute atomic E-state index is 12.0. The van der Waals surface area contributed by atoms with Gasteiger partial charge in [0.25, 0.3) is 5.91 Å². The highest BCUT2D eigenvalue weighted by Crippen LogP contribution is 2.31. The highest BCUT2D eigenvalue weighted by Gasteiger charge is 2.44. The molecule has 6 nitrogen and oxygen atoms in total. The highest BCUT2D eigenvalue weighted by molar-refractivity contribution is 5.92. The van der Waals surface area contributed by atoms with Gasteiger partial charge in [0.15, 0.2) is 5.76 Å². The molecule has 0 unspecified atom stereocenters. The van der Waals surface area contributed by atoms with E-state index in [0.29, 0.717) is 5.76 Å². The molecule has 0 saturated heterocycles. The van der Waals surface area contributed by atoms with Gasteiger partial charge in [-0.25, -0.2) is 0 Å². The van der Waals surface area contributed by atoms with Gasteiger partial charge in [0.2, 0.25) is 0 Å². The predicted molar refractivity (Wildman–Crippen MR) is 69.6 cm³/mol. The first-order valence-corrected chi connectivity index (χ1v) is 5.96. The summed E-state index contributed by atoms with van der Waals surface area (Å²) < 4.78 is 5.23. The number of furan rings is 1. The Morgan fingerprint density at radius 3 is 2.32 bits per heavy atom. The number of hydrogen-bond donors (Lipinski definition) is 3. The number of rotatable bonds is 5. The minimum absolute atomic E-state index is 0.120. The van der Waals surface area contributed by atoms with E-state index in [2.05, 4.69) is 5.32 Å². The van der Waals surface area contributed by atoms with Crippen LogP contribution in [0.3, 0.4) is 0 Å². The largest absolute Gasteiger partial charge is 0.481 e. The molecule has 1 rings (SSSR count). The summed E-state index contributed by atoms with van der Waals surface area (Å²) in [5.41, 5.74) is 3.34. The van der Waals surface area contributed by atoms with Gasteiger partial charge in [-0.05, 0) is 39.8 Å². The summed E-state index contributed by atoms with van der Waals surface area (Å²) in [6.07, 6.45) is 0. The fourth-order valence-corrected chi connectivity index (χ4v) is 1.38. The molecule has 0 aliphatic heterocycles. The summed E-state index contributed by atoms with van der Waals surface area (Å²) in [7, 11) is 0. The normalized spacial score (nSPS) is 12.3. The van der Waals surface area contributed by atoms with Crippen LogP contribution in [-0.4, -0.2) is 22.5 Å². The molecule has 0 atom stereocenters. The Kier molecular flexibility index (Phi) is 4.05. The standard InChI is InChI=1S/C13H20N2O4/c1-12(2,11(17)18)13(3,4)15-10(16)9-6-5-8(7-14)19-9/h5-6H,7,14H2,1-4H3,(H,15,16)(H,17,18). The molecule has 4 N–H and O–H groups in total. The van der Waals surface area contributed by atoms with Gasteiger partial charge in [0.05, 0.1) is 17.5 Å². The van der Waals surface area contributed by atoms with Crippen molar-refractivity contribution >= 4 is 11.9 Å². The van der Waals surface area contributed by atoms with Crippen LogP contribution in [0.1, 0.15) is 44.0 Å². The van der Waals surface area contributed by atoms with Crippen LogP contribution in [-0.2, 0) is 11.3 Å². The topological polar surface area (TPSA) is 106 Å². The average Bonchev–Trinajstić information content (AvgIpc) is 2.76. The Labute approximate surface area is 112 Å². The number of amides is 1. The third-order valence-corrected chi connectivity index (χ3v) is 3.61. The second-order valence-corrected chi connectivity index (χ2v) is 5.48. The van der Waals surface area contributed by atoms with Crippen LogP contribution >= 0.6 is 0 Å². The molecule has 1 aromatic heterocycles. The van der Waals surface area contributed by atoms with Crippen LogP contribution < -0.4 is 11.1 Å². The summed E-state index contributed by atoms with van der Waals surface area (Å²) in [6.45, 7) is 6.64. The molecule has 0 fully saturated rings. The summed E-state index contributed by atoms with van der Waals surface area (Å²) in [5, 5.41) is 11.9. The minimum atomic E-state index is -1.12. The number of hydrogen-bond acceptors (Lipinski definition) is 4. The highest BCUT2D eigenvalue weighted by atomic mass is 16.4. The zero-order chi connectivity index (χ0) is 14.8. The molecule has 0 radical (unpaired) electrons. The molecule has 0 aromatic carbocycles. The summed E-state index contributed by atoms with van der Waals surface area (Å²) in [6, 6.07) is 3.13. The number of carbonyl (C=O) groups excluding carboxylic acids is 1. The molecular formula is C13H20N2O4. The average molecular weight is 268 g/mol. The van der Waals surface area contributed by atoms with Crippen LogP contribution in [0.15, 0.2) is 16.5 Å². The molecule has 0 saturated carbocycles. The fraction of sp³-hybridized carbons (Fsp3) is 0.538. The number of nitrogens with two attached hydrogens (primary N) is 1. The lowest BCUT2D eigenvalue weighted by Gasteiger charge is -2.38. The van der Waals surface area contributed by atoms with E-state index in [1.54, 1.807) is 33.8 Å². The van der Waals surface area contributed by atoms with Crippen molar-refractivity contribution in [3.63, 3.8) is 0 Å². The van der Waals surface area contributed by atoms with Crippen LogP contribution in [0.4, 0.5) is 0 Å². The van der Waals surface area contributed by atoms with Crippen LogP contribution in [0.25, 0.3) is 0 Å². The van der Waals surface area contributed by atoms with Gasteiger partial charge in [-0.15, -0.1) is 0 Å². The van der Waals surface area contributed by atoms with Crippen molar-refractivity contribution < 1.29 is 19.1 Å². The van der Waals surface area contributed by atoms with Gasteiger partial charge in [-0.2, -0.15) is 0 Å². The number of nitrogens with one attached hydrogen (secondary N) is 1. The van der Waals surface area contributed by atoms with Gasteiger partial charge < -0.3 is 20.6 Å². The summed E-state index contributed by atoms with van der Waals surface area (Å²) in [4.78, 5) is 23.3. The number of aliphatic carboxylic acids is 1. The van der Waals surface area contributed by atoms with Gasteiger partial charge in [0.1, 0.15) is 5.76 Å². The van der Waals surface area contributed by atoms with Crippen LogP contribution in [0.2, 0.25) is 0 Å². The van der Waals surface area contributed by atoms with E-state index < -0.39 is 22.8 Å². The SMILES string of the molecule is CC(C)(NC(=O)c1ccc(CN)o1)C(C)(C)C(=O)O. The first-order chi connectivity index (χ1) is 8.61. The molecule has 0 bridgehead atoms. The second-order valence-electron chi connectivity index (χ2n) is 5.48. The van der Waals surface area contributed by atoms with E-state index in [9.17, 15) is 14.7 Å². The molecule has 0 aliphatic carbocycles. The molecule has 106 valence electrons. The molecule has 0 aliphatic rings. The van der Waals surface area contributed by atoms with Crippen LogP contribution in [0, 0.1) is 5.41 Å². The maximum atomic E-state index is 12.0. The molecule has 19 heavy (non-hydrogen) atoms. The third-order valence-electron chi connectivity index (χ3n) is 3.61. The van der Waals surface area contributed by atoms with E-state index in [1.807, 2.05) is 0 Å². The number of carboxylic acid groups (broad SMARTS) is 1. The van der Waals surface area contributed by atoms with Crippen molar-refractivity contribution in [3.05, 3.63) is 23.7 Å². The molecule has 1 heterocycles. The Bertz CT molecular complexity index is 489. The lowest BCUT2D eigenvalue weighted by atomic mass is 9.74. The zero-order valence-electron chi connectivity index (χ0n) is 11.6. The van der Waals surface area contributed by atoms with Crippen LogP contribution in [0.5, 0.6) is 0 Å². The lowest BCUT2D eigenvalue weighted by molar-refractivity contribution is -0.150. The smallest absolute Gasteiger partial charge is 0.311 e. The monoisotopic (exact) mass is 268 g/mol. The minimum Gasteiger partial charge on any atom is -0.481 e. The van der Waals surface area contributed by atoms with E-state index in [-0.39, 0.29) is 12.3 Å². The third kappa shape index (κ3) is 2.96. The quantitative estimate of drug-likeness (QED) is 0.747. The Morgan fingerprint density at radius 2 is 1.89 bits per heavy atom. The Hall–Kier alpha value is -1.82. The van der Waals surface area contributed by atoms with Crippen molar-refractivity contribution in [1.29, 1.82) is 0 Å². The summed E-state index contributed by atoms with van der Waals surface area (Å²) in [5.74, 6) is -0.825. The van der Waals surface area contributed by atoms with Gasteiger partial charge >= 0.3 is 5.97 Å². The first-order valence-electron chi connectivity index (χ1n) is 5.96. The van der Waals surface area contributed by atoms with Gasteiger partial charge in [-0.1, -0.05) is 0 Å². The first kappa shape index (κ1) is 15.2. The van der Waals surface area contributed by atoms with E-state index in [4.69, 9.17) is 10.2 Å². The fourth-order valence-electron chi connectivity index (χ4n) is 1.38. The maximum Gasteiger partial charge on any atom is 0.311 e. The van der Waals surface area contributed by atoms with Gasteiger partial charge in [-0.3, -0.25) is 9.59 Å². The molecule has 0 spiro atoms. The van der Waals surface area contributed by atoms with Crippen molar-refractivity contribution in [2.24, 2.45) is 11.1 Å². The lowest BCUT2D eigenvalue weighted by Crippen LogP contribution is -2.56. The summed E-state index contributed by atoms with van der Waals surface area (Å²) >= 11 is 0. The Morgan fingerprint density at radius 1 is 1.32 bits per heavy atom. The van der Waals surface area contributed by atoms with Gasteiger partial charge in [0, 0.05) is 0 Å². The van der Waals surface area contributed by atoms with E-state index in [1.165, 1.54) is 6.07 Å².